The fraction of sp³-hybridized carbons (Fsp3) is 0. The van der Waals surface area contributed by atoms with E-state index in [2.05, 4.69) is 84.9 Å². The Hall–Kier alpha value is -7.16. The largest absolute Gasteiger partial charge is 0.455 e. The Bertz CT molecular complexity index is 2750. The van der Waals surface area contributed by atoms with Gasteiger partial charge in [-0.1, -0.05) is 133 Å². The Balaban J connectivity index is 1.23. The van der Waals surface area contributed by atoms with Gasteiger partial charge in [-0.15, -0.1) is 0 Å². The first kappa shape index (κ1) is 29.9. The molecule has 2 heterocycles. The van der Waals surface area contributed by atoms with Crippen LogP contribution in [0.15, 0.2) is 174 Å². The summed E-state index contributed by atoms with van der Waals surface area (Å²) in [6.45, 7) is 0. The molecular weight excluding hydrogens is 625 g/mol. The molecule has 0 aliphatic carbocycles. The first-order valence-corrected chi connectivity index (χ1v) is 16.7. The second kappa shape index (κ2) is 12.7. The molecule has 0 bridgehead atoms. The van der Waals surface area contributed by atoms with Gasteiger partial charge in [-0.3, -0.25) is 0 Å². The van der Waals surface area contributed by atoms with Gasteiger partial charge in [0.1, 0.15) is 11.2 Å². The Kier molecular flexibility index (Phi) is 7.46. The summed E-state index contributed by atoms with van der Waals surface area (Å²) in [5.41, 5.74) is 11.1. The van der Waals surface area contributed by atoms with Crippen LogP contribution in [0.4, 0.5) is 0 Å². The quantitative estimate of drug-likeness (QED) is 0.179. The van der Waals surface area contributed by atoms with Crippen molar-refractivity contribution >= 4 is 21.9 Å². The summed E-state index contributed by atoms with van der Waals surface area (Å²) in [5.74, 6) is 1.68. The van der Waals surface area contributed by atoms with E-state index in [0.717, 1.165) is 72.0 Å². The topological polar surface area (TPSA) is 75.6 Å². The lowest BCUT2D eigenvalue weighted by Gasteiger charge is -2.10. The molecule has 0 saturated carbocycles. The zero-order chi connectivity index (χ0) is 34.1. The van der Waals surface area contributed by atoms with E-state index >= 15 is 0 Å². The normalized spacial score (nSPS) is 11.1. The van der Waals surface area contributed by atoms with Crippen LogP contribution in [0, 0.1) is 11.3 Å². The minimum Gasteiger partial charge on any atom is -0.455 e. The molecule has 0 N–H and O–H groups in total. The van der Waals surface area contributed by atoms with Gasteiger partial charge in [-0.25, -0.2) is 15.0 Å². The summed E-state index contributed by atoms with van der Waals surface area (Å²) in [4.78, 5) is 15.0. The summed E-state index contributed by atoms with van der Waals surface area (Å²) in [7, 11) is 0. The molecule has 238 valence electrons. The van der Waals surface area contributed by atoms with Crippen LogP contribution in [-0.4, -0.2) is 15.0 Å². The average Bonchev–Trinajstić information content (AvgIpc) is 3.60. The highest BCUT2D eigenvalue weighted by atomic mass is 16.3. The molecule has 2 aromatic heterocycles. The van der Waals surface area contributed by atoms with Crippen LogP contribution in [0.2, 0.25) is 0 Å². The Morgan fingerprint density at radius 1 is 0.412 bits per heavy atom. The minimum atomic E-state index is 0.546. The monoisotopic (exact) mass is 652 g/mol. The van der Waals surface area contributed by atoms with E-state index in [1.807, 2.05) is 91.0 Å². The van der Waals surface area contributed by atoms with Crippen LogP contribution >= 0.6 is 0 Å². The maximum Gasteiger partial charge on any atom is 0.164 e. The van der Waals surface area contributed by atoms with E-state index < -0.39 is 0 Å². The molecule has 7 aromatic carbocycles. The van der Waals surface area contributed by atoms with Gasteiger partial charge in [0.25, 0.3) is 0 Å². The Morgan fingerprint density at radius 3 is 1.59 bits per heavy atom. The summed E-state index contributed by atoms with van der Waals surface area (Å²) in [6, 6.07) is 59.2. The van der Waals surface area contributed by atoms with Gasteiger partial charge < -0.3 is 4.42 Å². The molecular formula is C46H28N4O. The molecule has 9 rings (SSSR count). The fourth-order valence-corrected chi connectivity index (χ4v) is 6.68. The van der Waals surface area contributed by atoms with Crippen molar-refractivity contribution in [1.29, 1.82) is 5.26 Å². The van der Waals surface area contributed by atoms with E-state index in [0.29, 0.717) is 23.0 Å². The van der Waals surface area contributed by atoms with E-state index in [-0.39, 0.29) is 0 Å². The maximum atomic E-state index is 9.47. The molecule has 0 atom stereocenters. The molecule has 9 aromatic rings. The first-order chi connectivity index (χ1) is 25.2. The lowest BCUT2D eigenvalue weighted by molar-refractivity contribution is 0.670. The average molecular weight is 653 g/mol. The molecule has 0 saturated heterocycles. The van der Waals surface area contributed by atoms with Crippen molar-refractivity contribution in [2.24, 2.45) is 0 Å². The maximum absolute atomic E-state index is 9.47. The van der Waals surface area contributed by atoms with Crippen molar-refractivity contribution < 1.29 is 4.42 Å². The Labute approximate surface area is 294 Å². The number of hydrogen-bond donors (Lipinski definition) is 0. The first-order valence-electron chi connectivity index (χ1n) is 16.7. The van der Waals surface area contributed by atoms with Gasteiger partial charge in [0, 0.05) is 33.0 Å². The van der Waals surface area contributed by atoms with Crippen LogP contribution in [0.3, 0.4) is 0 Å². The molecule has 0 aliphatic heterocycles. The van der Waals surface area contributed by atoms with Gasteiger partial charge in [-0.05, 0) is 64.2 Å². The molecule has 0 aliphatic rings. The SMILES string of the molecule is N#Cc1cccc(-c2cccc(-c3nc(-c4ccccc4)nc(-c4ccc5c(c4)oc4c(-c6ccccc6)ccc(-c6ccccc6)c45)n3)c2)c1. The van der Waals surface area contributed by atoms with E-state index in [1.54, 1.807) is 0 Å². The highest BCUT2D eigenvalue weighted by Gasteiger charge is 2.19. The number of furan rings is 1. The lowest BCUT2D eigenvalue weighted by Crippen LogP contribution is -2.00. The molecule has 51 heavy (non-hydrogen) atoms. The molecule has 0 spiro atoms. The van der Waals surface area contributed by atoms with E-state index in [4.69, 9.17) is 19.4 Å². The molecule has 0 amide bonds. The van der Waals surface area contributed by atoms with Crippen molar-refractivity contribution in [2.45, 2.75) is 0 Å². The number of fused-ring (bicyclic) bond motifs is 3. The number of rotatable bonds is 6. The predicted octanol–water partition coefficient (Wildman–Crippen LogP) is 11.6. The lowest BCUT2D eigenvalue weighted by atomic mass is 9.94. The van der Waals surface area contributed by atoms with Crippen LogP contribution in [0.1, 0.15) is 5.56 Å². The summed E-state index contributed by atoms with van der Waals surface area (Å²) >= 11 is 0. The summed E-state index contributed by atoms with van der Waals surface area (Å²) < 4.78 is 6.78. The molecule has 0 unspecified atom stereocenters. The number of hydrogen-bond acceptors (Lipinski definition) is 5. The molecule has 0 radical (unpaired) electrons. The summed E-state index contributed by atoms with van der Waals surface area (Å²) in [6.07, 6.45) is 0. The van der Waals surface area contributed by atoms with Gasteiger partial charge >= 0.3 is 0 Å². The van der Waals surface area contributed by atoms with Gasteiger partial charge in [-0.2, -0.15) is 5.26 Å². The number of aromatic nitrogens is 3. The van der Waals surface area contributed by atoms with Gasteiger partial charge in [0.15, 0.2) is 17.5 Å². The number of nitrogens with zero attached hydrogens (tertiary/aromatic N) is 4. The zero-order valence-electron chi connectivity index (χ0n) is 27.4. The van der Waals surface area contributed by atoms with E-state index in [1.165, 1.54) is 0 Å². The van der Waals surface area contributed by atoms with Crippen molar-refractivity contribution in [3.05, 3.63) is 175 Å². The second-order valence-electron chi connectivity index (χ2n) is 12.4. The van der Waals surface area contributed by atoms with Gasteiger partial charge in [0.2, 0.25) is 0 Å². The molecule has 0 fully saturated rings. The zero-order valence-corrected chi connectivity index (χ0v) is 27.4. The third-order valence-corrected chi connectivity index (χ3v) is 9.16. The number of benzene rings is 7. The van der Waals surface area contributed by atoms with Crippen molar-refractivity contribution in [3.63, 3.8) is 0 Å². The summed E-state index contributed by atoms with van der Waals surface area (Å²) in [5, 5.41) is 11.6. The number of nitriles is 1. The molecule has 5 nitrogen and oxygen atoms in total. The third-order valence-electron chi connectivity index (χ3n) is 9.16. The van der Waals surface area contributed by atoms with Crippen LogP contribution in [0.5, 0.6) is 0 Å². The van der Waals surface area contributed by atoms with Crippen LogP contribution in [0.25, 0.3) is 89.5 Å². The second-order valence-corrected chi connectivity index (χ2v) is 12.4. The molecule has 5 heteroatoms. The van der Waals surface area contributed by atoms with Crippen LogP contribution in [-0.2, 0) is 0 Å². The Morgan fingerprint density at radius 2 is 0.922 bits per heavy atom. The van der Waals surface area contributed by atoms with E-state index in [9.17, 15) is 5.26 Å². The highest BCUT2D eigenvalue weighted by molar-refractivity contribution is 6.16. The third kappa shape index (κ3) is 5.61. The van der Waals surface area contributed by atoms with Crippen molar-refractivity contribution in [1.82, 2.24) is 15.0 Å². The van der Waals surface area contributed by atoms with Crippen LogP contribution < -0.4 is 0 Å². The standard InChI is InChI=1S/C46H28N4O/c47-29-30-12-10-19-34(26-30)35-20-11-21-36(27-35)45-48-44(33-17-8-3-9-18-33)49-46(50-45)37-22-23-40-41(28-37)51-43-39(32-15-6-2-7-16-32)25-24-38(42(40)43)31-13-4-1-5-14-31/h1-28H. The van der Waals surface area contributed by atoms with Gasteiger partial charge in [0.05, 0.1) is 11.6 Å². The minimum absolute atomic E-state index is 0.546. The van der Waals surface area contributed by atoms with Crippen molar-refractivity contribution in [2.75, 3.05) is 0 Å². The predicted molar refractivity (Wildman–Crippen MR) is 204 cm³/mol. The smallest absolute Gasteiger partial charge is 0.164 e. The fourth-order valence-electron chi connectivity index (χ4n) is 6.68. The van der Waals surface area contributed by atoms with Crippen molar-refractivity contribution in [3.8, 4) is 73.6 Å². The highest BCUT2D eigenvalue weighted by Crippen LogP contribution is 2.42.